The summed E-state index contributed by atoms with van der Waals surface area (Å²) in [4.78, 5) is 50.5. The average molecular weight is 575 g/mol. The quantitative estimate of drug-likeness (QED) is 0.221. The second-order valence-electron chi connectivity index (χ2n) is 12.1. The number of morpholine rings is 1. The number of ether oxygens (including phenoxy) is 2. The molecule has 4 aliphatic heterocycles. The van der Waals surface area contributed by atoms with Crippen LogP contribution in [-0.2, 0) is 23.9 Å². The first kappa shape index (κ1) is 31.7. The van der Waals surface area contributed by atoms with E-state index < -0.39 is 29.1 Å². The van der Waals surface area contributed by atoms with Gasteiger partial charge in [-0.3, -0.25) is 19.3 Å². The van der Waals surface area contributed by atoms with Crippen LogP contribution in [0.5, 0.6) is 0 Å². The average Bonchev–Trinajstić information content (AvgIpc) is 3.53. The molecular formula is C31H50N4O6. The van der Waals surface area contributed by atoms with Gasteiger partial charge in [-0.1, -0.05) is 19.1 Å². The van der Waals surface area contributed by atoms with E-state index in [1.807, 2.05) is 13.8 Å². The number of aliphatic hydroxyl groups is 1. The maximum absolute atomic E-state index is 14.5. The highest BCUT2D eigenvalue weighted by Gasteiger charge is 2.78. The first-order valence-corrected chi connectivity index (χ1v) is 15.5. The van der Waals surface area contributed by atoms with Gasteiger partial charge in [-0.25, -0.2) is 0 Å². The number of unbranched alkanes of at least 4 members (excludes halogenated alkanes) is 2. The molecule has 230 valence electrons. The van der Waals surface area contributed by atoms with Crippen LogP contribution in [0.4, 0.5) is 0 Å². The number of fused-ring (bicyclic) bond motifs is 1. The number of hydrogen-bond acceptors (Lipinski definition) is 7. The molecule has 1 N–H and O–H groups in total. The number of amides is 3. The summed E-state index contributed by atoms with van der Waals surface area (Å²) in [5.41, 5.74) is -1.84. The minimum atomic E-state index is -1.04. The van der Waals surface area contributed by atoms with Gasteiger partial charge in [0.1, 0.15) is 11.6 Å². The molecule has 0 saturated carbocycles. The van der Waals surface area contributed by atoms with E-state index in [-0.39, 0.29) is 24.3 Å². The van der Waals surface area contributed by atoms with E-state index in [1.54, 1.807) is 26.9 Å². The van der Waals surface area contributed by atoms with Gasteiger partial charge in [-0.15, -0.1) is 13.2 Å². The lowest BCUT2D eigenvalue weighted by Gasteiger charge is -2.37. The molecule has 2 unspecified atom stereocenters. The zero-order valence-corrected chi connectivity index (χ0v) is 25.1. The van der Waals surface area contributed by atoms with Crippen LogP contribution < -0.4 is 0 Å². The van der Waals surface area contributed by atoms with Gasteiger partial charge in [0.05, 0.1) is 30.7 Å². The highest BCUT2D eigenvalue weighted by atomic mass is 16.5. The first-order chi connectivity index (χ1) is 19.8. The Morgan fingerprint density at radius 3 is 2.34 bits per heavy atom. The van der Waals surface area contributed by atoms with Crippen molar-refractivity contribution in [2.75, 3.05) is 72.2 Å². The summed E-state index contributed by atoms with van der Waals surface area (Å²) in [5.74, 6) is -1.72. The normalized spacial score (nSPS) is 30.9. The third-order valence-electron chi connectivity index (χ3n) is 9.44. The van der Waals surface area contributed by atoms with Gasteiger partial charge in [0, 0.05) is 59.0 Å². The number of carbonyl (C=O) groups excluding carboxylic acids is 3. The van der Waals surface area contributed by atoms with Crippen LogP contribution in [0, 0.1) is 11.8 Å². The molecule has 2 bridgehead atoms. The van der Waals surface area contributed by atoms with Crippen LogP contribution in [0.2, 0.25) is 0 Å². The maximum Gasteiger partial charge on any atom is 0.248 e. The van der Waals surface area contributed by atoms with Gasteiger partial charge in [-0.2, -0.15) is 0 Å². The summed E-state index contributed by atoms with van der Waals surface area (Å²) in [6.45, 7) is 17.8. The Morgan fingerprint density at radius 2 is 1.71 bits per heavy atom. The number of nitrogens with zero attached hydrogens (tertiary/aromatic N) is 4. The molecule has 4 saturated heterocycles. The SMILES string of the molecule is C=CCN(CCN1CCOCC1)C(=O)C1N(CCCCCO)C(=O)[C@@H]2[C@H](C(=O)N(CC=C)CCC)[C@]3(C)CCC12O3. The first-order valence-electron chi connectivity index (χ1n) is 15.5. The van der Waals surface area contributed by atoms with E-state index >= 15 is 0 Å². The van der Waals surface area contributed by atoms with Gasteiger partial charge in [-0.05, 0) is 45.4 Å². The van der Waals surface area contributed by atoms with Crippen molar-refractivity contribution in [2.45, 2.75) is 69.6 Å². The molecule has 10 heteroatoms. The second-order valence-corrected chi connectivity index (χ2v) is 12.1. The summed E-state index contributed by atoms with van der Waals surface area (Å²) in [6.07, 6.45) is 7.49. The molecule has 0 aromatic rings. The predicted octanol–water partition coefficient (Wildman–Crippen LogP) is 1.69. The maximum atomic E-state index is 14.5. The molecule has 10 nitrogen and oxygen atoms in total. The number of aliphatic hydroxyl groups excluding tert-OH is 1. The lowest BCUT2D eigenvalue weighted by molar-refractivity contribution is -0.153. The van der Waals surface area contributed by atoms with E-state index in [2.05, 4.69) is 18.1 Å². The molecule has 0 aromatic heterocycles. The summed E-state index contributed by atoms with van der Waals surface area (Å²) < 4.78 is 12.3. The molecule has 5 atom stereocenters. The van der Waals surface area contributed by atoms with Crippen LogP contribution >= 0.6 is 0 Å². The fraction of sp³-hybridized carbons (Fsp3) is 0.774. The van der Waals surface area contributed by atoms with Crippen molar-refractivity contribution in [1.29, 1.82) is 0 Å². The number of carbonyl (C=O) groups is 3. The Kier molecular flexibility index (Phi) is 10.7. The monoisotopic (exact) mass is 574 g/mol. The Balaban J connectivity index is 1.66. The fourth-order valence-electron chi connectivity index (χ4n) is 7.51. The topological polar surface area (TPSA) is 103 Å². The van der Waals surface area contributed by atoms with Gasteiger partial charge in [0.25, 0.3) is 0 Å². The number of hydrogen-bond donors (Lipinski definition) is 1. The van der Waals surface area contributed by atoms with E-state index in [4.69, 9.17) is 9.47 Å². The largest absolute Gasteiger partial charge is 0.396 e. The van der Waals surface area contributed by atoms with Gasteiger partial charge < -0.3 is 29.3 Å². The number of rotatable bonds is 16. The molecule has 0 aliphatic carbocycles. The lowest BCUT2D eigenvalue weighted by atomic mass is 9.66. The summed E-state index contributed by atoms with van der Waals surface area (Å²) in [5, 5.41) is 9.30. The van der Waals surface area contributed by atoms with Gasteiger partial charge in [0.2, 0.25) is 17.7 Å². The van der Waals surface area contributed by atoms with E-state index in [0.717, 1.165) is 25.9 Å². The van der Waals surface area contributed by atoms with Crippen molar-refractivity contribution < 1.29 is 29.0 Å². The minimum absolute atomic E-state index is 0.0854. The van der Waals surface area contributed by atoms with Crippen LogP contribution in [0.1, 0.15) is 52.4 Å². The molecular weight excluding hydrogens is 524 g/mol. The fourth-order valence-corrected chi connectivity index (χ4v) is 7.51. The Bertz CT molecular complexity index is 970. The Morgan fingerprint density at radius 1 is 1.02 bits per heavy atom. The van der Waals surface area contributed by atoms with Crippen LogP contribution in [0.3, 0.4) is 0 Å². The summed E-state index contributed by atoms with van der Waals surface area (Å²) in [7, 11) is 0. The molecule has 0 aromatic carbocycles. The molecule has 41 heavy (non-hydrogen) atoms. The van der Waals surface area contributed by atoms with Crippen molar-refractivity contribution in [1.82, 2.24) is 19.6 Å². The molecule has 4 aliphatic rings. The third-order valence-corrected chi connectivity index (χ3v) is 9.44. The zero-order valence-electron chi connectivity index (χ0n) is 25.1. The highest BCUT2D eigenvalue weighted by Crippen LogP contribution is 2.63. The van der Waals surface area contributed by atoms with Crippen molar-refractivity contribution in [3.8, 4) is 0 Å². The third kappa shape index (κ3) is 6.12. The smallest absolute Gasteiger partial charge is 0.248 e. The zero-order chi connectivity index (χ0) is 29.6. The van der Waals surface area contributed by atoms with Crippen molar-refractivity contribution in [3.05, 3.63) is 25.3 Å². The molecule has 4 heterocycles. The molecule has 3 amide bonds. The second kappa shape index (κ2) is 13.8. The van der Waals surface area contributed by atoms with Crippen LogP contribution in [0.15, 0.2) is 25.3 Å². The van der Waals surface area contributed by atoms with Crippen molar-refractivity contribution in [3.63, 3.8) is 0 Å². The van der Waals surface area contributed by atoms with Crippen molar-refractivity contribution in [2.24, 2.45) is 11.8 Å². The minimum Gasteiger partial charge on any atom is -0.396 e. The molecule has 0 radical (unpaired) electrons. The predicted molar refractivity (Wildman–Crippen MR) is 156 cm³/mol. The number of likely N-dealkylation sites (tertiary alicyclic amines) is 1. The summed E-state index contributed by atoms with van der Waals surface area (Å²) >= 11 is 0. The molecule has 4 fully saturated rings. The molecule has 4 rings (SSSR count). The van der Waals surface area contributed by atoms with Crippen LogP contribution in [0.25, 0.3) is 0 Å². The Labute approximate surface area is 245 Å². The van der Waals surface area contributed by atoms with Crippen LogP contribution in [-0.4, -0.2) is 132 Å². The van der Waals surface area contributed by atoms with E-state index in [9.17, 15) is 19.5 Å². The Hall–Kier alpha value is -2.27. The lowest BCUT2D eigenvalue weighted by Crippen LogP contribution is -2.57. The standard InChI is InChI=1S/C31H50N4O6/c1-5-13-33(14-6-2)27(37)24-25-28(38)35(16-9-8-10-21-36)26(31(25)12-11-30(24,4)41-31)29(39)34(15-7-3)18-17-32-19-22-40-23-20-32/h5,7,24-26,36H,1,3,6,8-23H2,2,4H3/t24-,25+,26?,30+,31?/m1/s1. The van der Waals surface area contributed by atoms with Gasteiger partial charge in [0.15, 0.2) is 0 Å². The molecule has 1 spiro atoms. The summed E-state index contributed by atoms with van der Waals surface area (Å²) in [6, 6.07) is -0.794. The van der Waals surface area contributed by atoms with E-state index in [0.29, 0.717) is 78.2 Å². The highest BCUT2D eigenvalue weighted by molar-refractivity contribution is 5.99. The van der Waals surface area contributed by atoms with E-state index in [1.165, 1.54) is 0 Å². The van der Waals surface area contributed by atoms with Crippen molar-refractivity contribution >= 4 is 17.7 Å². The van der Waals surface area contributed by atoms with Gasteiger partial charge >= 0.3 is 0 Å².